The summed E-state index contributed by atoms with van der Waals surface area (Å²) in [5.74, 6) is -0.879. The van der Waals surface area contributed by atoms with Gasteiger partial charge in [-0.2, -0.15) is 5.10 Å². The summed E-state index contributed by atoms with van der Waals surface area (Å²) in [5, 5.41) is 4.33. The highest BCUT2D eigenvalue weighted by atomic mass is 79.9. The summed E-state index contributed by atoms with van der Waals surface area (Å²) in [6, 6.07) is 3.04. The monoisotopic (exact) mass is 394 g/mol. The average Bonchev–Trinajstić information content (AvgIpc) is 3.03. The van der Waals surface area contributed by atoms with Crippen molar-refractivity contribution in [3.05, 3.63) is 45.9 Å². The number of hydrogen-bond acceptors (Lipinski definition) is 3. The van der Waals surface area contributed by atoms with Crippen LogP contribution in [0.3, 0.4) is 0 Å². The predicted molar refractivity (Wildman–Crippen MR) is 94.7 cm³/mol. The van der Waals surface area contributed by atoms with E-state index in [1.165, 1.54) is 11.6 Å². The van der Waals surface area contributed by atoms with Gasteiger partial charge in [0, 0.05) is 30.3 Å². The molecular weight excluding hydrogens is 375 g/mol. The van der Waals surface area contributed by atoms with Gasteiger partial charge in [-0.15, -0.1) is 0 Å². The minimum Gasteiger partial charge on any atom is -0.371 e. The molecule has 128 valence electrons. The van der Waals surface area contributed by atoms with Crippen molar-refractivity contribution >= 4 is 27.5 Å². The maximum atomic E-state index is 14.1. The van der Waals surface area contributed by atoms with Crippen molar-refractivity contribution in [2.75, 3.05) is 18.0 Å². The molecule has 1 saturated heterocycles. The second kappa shape index (κ2) is 6.93. The summed E-state index contributed by atoms with van der Waals surface area (Å²) >= 11 is 3.29. The molecule has 0 aliphatic carbocycles. The highest BCUT2D eigenvalue weighted by Gasteiger charge is 2.26. The number of primary amides is 1. The molecule has 0 spiro atoms. The molecule has 0 unspecified atom stereocenters. The molecule has 2 aromatic rings. The molecule has 0 bridgehead atoms. The number of nitrogens with two attached hydrogens (primary N) is 1. The minimum absolute atomic E-state index is 0.0320. The van der Waals surface area contributed by atoms with Gasteiger partial charge in [0.25, 0.3) is 5.91 Å². The first-order valence-electron chi connectivity index (χ1n) is 8.05. The molecule has 1 amide bonds. The molecule has 3 rings (SSSR count). The molecule has 1 aromatic heterocycles. The van der Waals surface area contributed by atoms with Crippen LogP contribution in [0, 0.1) is 5.82 Å². The molecule has 1 aliphatic rings. The van der Waals surface area contributed by atoms with Gasteiger partial charge in [0.05, 0.1) is 17.4 Å². The minimum atomic E-state index is -0.735. The molecule has 7 heteroatoms. The van der Waals surface area contributed by atoms with Crippen molar-refractivity contribution in [2.45, 2.75) is 32.2 Å². The second-order valence-corrected chi connectivity index (χ2v) is 6.95. The van der Waals surface area contributed by atoms with Gasteiger partial charge in [0.1, 0.15) is 5.82 Å². The summed E-state index contributed by atoms with van der Waals surface area (Å²) in [6.45, 7) is 4.42. The molecule has 2 N–H and O–H groups in total. The molecule has 1 aromatic carbocycles. The molecule has 0 radical (unpaired) electrons. The van der Waals surface area contributed by atoms with Crippen LogP contribution in [0.1, 0.15) is 41.6 Å². The quantitative estimate of drug-likeness (QED) is 0.864. The summed E-state index contributed by atoms with van der Waals surface area (Å²) < 4.78 is 16.7. The Balaban J connectivity index is 1.78. The van der Waals surface area contributed by atoms with Crippen molar-refractivity contribution in [3.8, 4) is 0 Å². The van der Waals surface area contributed by atoms with E-state index in [2.05, 4.69) is 34.1 Å². The highest BCUT2D eigenvalue weighted by molar-refractivity contribution is 9.10. The van der Waals surface area contributed by atoms with Gasteiger partial charge in [0.2, 0.25) is 0 Å². The number of rotatable bonds is 4. The first-order chi connectivity index (χ1) is 11.5. The van der Waals surface area contributed by atoms with Crippen LogP contribution in [-0.2, 0) is 6.54 Å². The van der Waals surface area contributed by atoms with Crippen molar-refractivity contribution in [1.82, 2.24) is 9.78 Å². The summed E-state index contributed by atoms with van der Waals surface area (Å²) in [6.07, 6.45) is 5.88. The van der Waals surface area contributed by atoms with Gasteiger partial charge in [-0.3, -0.25) is 9.48 Å². The zero-order valence-corrected chi connectivity index (χ0v) is 15.1. The fraction of sp³-hybridized carbons (Fsp3) is 0.412. The van der Waals surface area contributed by atoms with Crippen LogP contribution in [0.5, 0.6) is 0 Å². The van der Waals surface area contributed by atoms with Crippen LogP contribution in [0.4, 0.5) is 10.1 Å². The van der Waals surface area contributed by atoms with Crippen LogP contribution in [0.15, 0.2) is 29.0 Å². The van der Waals surface area contributed by atoms with E-state index in [-0.39, 0.29) is 5.56 Å². The third-order valence-electron chi connectivity index (χ3n) is 4.56. The first-order valence-corrected chi connectivity index (χ1v) is 8.85. The molecular formula is C17H20BrFN4O. The molecule has 1 aliphatic heterocycles. The summed E-state index contributed by atoms with van der Waals surface area (Å²) in [4.78, 5) is 13.7. The van der Waals surface area contributed by atoms with Crippen molar-refractivity contribution in [1.29, 1.82) is 0 Å². The van der Waals surface area contributed by atoms with E-state index in [0.717, 1.165) is 32.5 Å². The Morgan fingerprint density at radius 1 is 1.42 bits per heavy atom. The third-order valence-corrected chi connectivity index (χ3v) is 5.02. The number of halogens is 2. The molecule has 24 heavy (non-hydrogen) atoms. The van der Waals surface area contributed by atoms with Crippen molar-refractivity contribution in [3.63, 3.8) is 0 Å². The predicted octanol–water partition coefficient (Wildman–Crippen LogP) is 3.29. The smallest absolute Gasteiger partial charge is 0.253 e. The maximum absolute atomic E-state index is 14.1. The lowest BCUT2D eigenvalue weighted by Crippen LogP contribution is -2.34. The van der Waals surface area contributed by atoms with Crippen LogP contribution in [0.25, 0.3) is 0 Å². The van der Waals surface area contributed by atoms with Crippen LogP contribution in [-0.4, -0.2) is 28.8 Å². The van der Waals surface area contributed by atoms with E-state index in [9.17, 15) is 9.18 Å². The van der Waals surface area contributed by atoms with Gasteiger partial charge in [-0.25, -0.2) is 4.39 Å². The fourth-order valence-electron chi connectivity index (χ4n) is 3.27. The Bertz CT molecular complexity index is 753. The largest absolute Gasteiger partial charge is 0.371 e. The fourth-order valence-corrected chi connectivity index (χ4v) is 3.69. The Labute approximate surface area is 148 Å². The number of aromatic nitrogens is 2. The number of hydrogen-bond donors (Lipinski definition) is 1. The van der Waals surface area contributed by atoms with Gasteiger partial charge in [-0.05, 0) is 43.4 Å². The standard InChI is InChI=1S/C17H20BrFN4O/c1-2-23-10-12(9-21-23)11-3-5-22(6-4-11)15-8-13(18)7-14(19)16(15)17(20)24/h7-11H,2-6H2,1H3,(H2,20,24). The zero-order valence-electron chi connectivity index (χ0n) is 13.5. The number of piperidine rings is 1. The Kier molecular flexibility index (Phi) is 4.89. The van der Waals surface area contributed by atoms with Gasteiger partial charge in [-0.1, -0.05) is 15.9 Å². The van der Waals surface area contributed by atoms with E-state index in [1.54, 1.807) is 6.07 Å². The van der Waals surface area contributed by atoms with Crippen LogP contribution in [0.2, 0.25) is 0 Å². The number of amides is 1. The molecule has 0 atom stereocenters. The van der Waals surface area contributed by atoms with E-state index in [4.69, 9.17) is 5.73 Å². The number of carbonyl (C=O) groups excluding carboxylic acids is 1. The van der Waals surface area contributed by atoms with Crippen LogP contribution >= 0.6 is 15.9 Å². The summed E-state index contributed by atoms with van der Waals surface area (Å²) in [5.41, 5.74) is 7.15. The zero-order chi connectivity index (χ0) is 17.3. The molecule has 1 fully saturated rings. The lowest BCUT2D eigenvalue weighted by molar-refractivity contribution is 0.0997. The van der Waals surface area contributed by atoms with E-state index < -0.39 is 11.7 Å². The molecule has 2 heterocycles. The second-order valence-electron chi connectivity index (χ2n) is 6.04. The lowest BCUT2D eigenvalue weighted by atomic mass is 9.91. The molecule has 0 saturated carbocycles. The van der Waals surface area contributed by atoms with E-state index >= 15 is 0 Å². The van der Waals surface area contributed by atoms with E-state index in [1.807, 2.05) is 15.8 Å². The van der Waals surface area contributed by atoms with Crippen molar-refractivity contribution in [2.24, 2.45) is 5.73 Å². The number of carbonyl (C=O) groups is 1. The highest BCUT2D eigenvalue weighted by Crippen LogP contribution is 2.34. The Hall–Kier alpha value is -1.89. The Morgan fingerprint density at radius 2 is 2.12 bits per heavy atom. The number of aryl methyl sites for hydroxylation is 1. The first kappa shape index (κ1) is 17.0. The van der Waals surface area contributed by atoms with Gasteiger partial charge in [0.15, 0.2) is 0 Å². The summed E-state index contributed by atoms with van der Waals surface area (Å²) in [7, 11) is 0. The van der Waals surface area contributed by atoms with Crippen LogP contribution < -0.4 is 10.6 Å². The number of anilines is 1. The number of nitrogens with zero attached hydrogens (tertiary/aromatic N) is 3. The third kappa shape index (κ3) is 3.31. The van der Waals surface area contributed by atoms with Gasteiger partial charge < -0.3 is 10.6 Å². The van der Waals surface area contributed by atoms with E-state index in [0.29, 0.717) is 16.1 Å². The maximum Gasteiger partial charge on any atom is 0.253 e. The van der Waals surface area contributed by atoms with Crippen molar-refractivity contribution < 1.29 is 9.18 Å². The molecule has 5 nitrogen and oxygen atoms in total. The Morgan fingerprint density at radius 3 is 2.71 bits per heavy atom. The number of benzene rings is 1. The van der Waals surface area contributed by atoms with Gasteiger partial charge >= 0.3 is 0 Å². The normalized spacial score (nSPS) is 15.7. The topological polar surface area (TPSA) is 64.2 Å². The lowest BCUT2D eigenvalue weighted by Gasteiger charge is -2.34. The average molecular weight is 395 g/mol. The SMILES string of the molecule is CCn1cc(C2CCN(c3cc(Br)cc(F)c3C(N)=O)CC2)cn1.